The lowest BCUT2D eigenvalue weighted by Gasteiger charge is -2.34. The maximum absolute atomic E-state index is 6.14. The number of hydrogen-bond donors (Lipinski definition) is 1. The first kappa shape index (κ1) is 13.3. The van der Waals surface area contributed by atoms with E-state index < -0.39 is 0 Å². The van der Waals surface area contributed by atoms with Crippen LogP contribution in [0.5, 0.6) is 0 Å². The van der Waals surface area contributed by atoms with Gasteiger partial charge in [0.05, 0.1) is 6.10 Å². The van der Waals surface area contributed by atoms with Crippen LogP contribution >= 0.6 is 0 Å². The third-order valence-corrected chi connectivity index (χ3v) is 4.04. The minimum Gasteiger partial charge on any atom is -0.377 e. The van der Waals surface area contributed by atoms with E-state index in [0.29, 0.717) is 0 Å². The van der Waals surface area contributed by atoms with Crippen LogP contribution < -0.4 is 5.73 Å². The van der Waals surface area contributed by atoms with Crippen molar-refractivity contribution in [2.75, 3.05) is 6.61 Å². The van der Waals surface area contributed by atoms with E-state index in [9.17, 15) is 0 Å². The highest BCUT2D eigenvalue weighted by atomic mass is 16.5. The summed E-state index contributed by atoms with van der Waals surface area (Å²) in [6, 6.07) is 21.5. The van der Waals surface area contributed by atoms with E-state index >= 15 is 0 Å². The molecule has 2 nitrogen and oxygen atoms in total. The van der Waals surface area contributed by atoms with Crippen LogP contribution in [-0.2, 0) is 4.74 Å². The molecule has 2 N–H and O–H groups in total. The second kappa shape index (κ2) is 6.21. The molecule has 1 aliphatic rings. The molecule has 0 radical (unpaired) electrons. The maximum atomic E-state index is 6.14. The van der Waals surface area contributed by atoms with Crippen molar-refractivity contribution in [2.45, 2.75) is 30.9 Å². The minimum atomic E-state index is 0.170. The van der Waals surface area contributed by atoms with Gasteiger partial charge in [-0.15, -0.1) is 0 Å². The van der Waals surface area contributed by atoms with E-state index in [-0.39, 0.29) is 18.1 Å². The van der Waals surface area contributed by atoms with E-state index in [1.807, 2.05) is 0 Å². The Morgan fingerprint density at radius 3 is 1.95 bits per heavy atom. The highest BCUT2D eigenvalue weighted by Gasteiger charge is 2.30. The third-order valence-electron chi connectivity index (χ3n) is 4.04. The lowest BCUT2D eigenvalue weighted by atomic mass is 9.83. The van der Waals surface area contributed by atoms with Crippen molar-refractivity contribution in [3.63, 3.8) is 0 Å². The Labute approximate surface area is 120 Å². The summed E-state index contributed by atoms with van der Waals surface area (Å²) in [5.41, 5.74) is 8.75. The summed E-state index contributed by atoms with van der Waals surface area (Å²) >= 11 is 0. The Hall–Kier alpha value is -1.64. The van der Waals surface area contributed by atoms with Crippen molar-refractivity contribution >= 4 is 0 Å². The van der Waals surface area contributed by atoms with Crippen molar-refractivity contribution < 1.29 is 4.74 Å². The monoisotopic (exact) mass is 267 g/mol. The molecule has 0 spiro atoms. The lowest BCUT2D eigenvalue weighted by molar-refractivity contribution is -0.00140. The Kier molecular flexibility index (Phi) is 4.14. The summed E-state index contributed by atoms with van der Waals surface area (Å²) in [4.78, 5) is 0. The zero-order valence-corrected chi connectivity index (χ0v) is 11.6. The molecule has 1 saturated heterocycles. The van der Waals surface area contributed by atoms with Gasteiger partial charge in [0, 0.05) is 18.6 Å². The van der Waals surface area contributed by atoms with Crippen LogP contribution in [0.4, 0.5) is 0 Å². The zero-order chi connectivity index (χ0) is 13.8. The molecular weight excluding hydrogens is 246 g/mol. The summed E-state index contributed by atoms with van der Waals surface area (Å²) in [5.74, 6) is 0.267. The fourth-order valence-corrected chi connectivity index (χ4v) is 3.03. The van der Waals surface area contributed by atoms with Gasteiger partial charge in [-0.05, 0) is 24.0 Å². The fraction of sp³-hybridized carbons (Fsp3) is 0.333. The van der Waals surface area contributed by atoms with Crippen LogP contribution in [0.15, 0.2) is 60.7 Å². The number of benzene rings is 2. The molecule has 2 aromatic carbocycles. The molecule has 1 heterocycles. The Bertz CT molecular complexity index is 486. The van der Waals surface area contributed by atoms with E-state index in [1.165, 1.54) is 11.1 Å². The van der Waals surface area contributed by atoms with Gasteiger partial charge in [0.15, 0.2) is 0 Å². The van der Waals surface area contributed by atoms with Crippen LogP contribution in [0, 0.1) is 0 Å². The van der Waals surface area contributed by atoms with Gasteiger partial charge in [-0.1, -0.05) is 60.7 Å². The number of rotatable bonds is 3. The predicted molar refractivity (Wildman–Crippen MR) is 81.7 cm³/mol. The van der Waals surface area contributed by atoms with E-state index in [4.69, 9.17) is 10.5 Å². The molecule has 0 saturated carbocycles. The molecule has 3 rings (SSSR count). The van der Waals surface area contributed by atoms with Gasteiger partial charge in [0.1, 0.15) is 0 Å². The number of nitrogens with two attached hydrogens (primary N) is 1. The average molecular weight is 267 g/mol. The normalized spacial score (nSPS) is 22.9. The lowest BCUT2D eigenvalue weighted by Crippen LogP contribution is -2.38. The SMILES string of the molecule is NC1CCOC(C(c2ccccc2)c2ccccc2)C1. The van der Waals surface area contributed by atoms with Crippen molar-refractivity contribution in [1.82, 2.24) is 0 Å². The standard InChI is InChI=1S/C18H21NO/c19-16-11-12-20-17(13-16)18(14-7-3-1-4-8-14)15-9-5-2-6-10-15/h1-10,16-18H,11-13,19H2. The van der Waals surface area contributed by atoms with Crippen molar-refractivity contribution in [2.24, 2.45) is 5.73 Å². The smallest absolute Gasteiger partial charge is 0.0698 e. The summed E-state index contributed by atoms with van der Waals surface area (Å²) in [6.45, 7) is 0.766. The number of ether oxygens (including phenoxy) is 1. The topological polar surface area (TPSA) is 35.2 Å². The second-order valence-corrected chi connectivity index (χ2v) is 5.49. The van der Waals surface area contributed by atoms with Crippen molar-refractivity contribution in [3.05, 3.63) is 71.8 Å². The molecule has 2 heteroatoms. The van der Waals surface area contributed by atoms with Crippen molar-refractivity contribution in [3.8, 4) is 0 Å². The second-order valence-electron chi connectivity index (χ2n) is 5.49. The van der Waals surface area contributed by atoms with Gasteiger partial charge in [-0.25, -0.2) is 0 Å². The molecule has 104 valence electrons. The van der Waals surface area contributed by atoms with Crippen LogP contribution in [0.2, 0.25) is 0 Å². The minimum absolute atomic E-state index is 0.170. The molecule has 0 amide bonds. The maximum Gasteiger partial charge on any atom is 0.0698 e. The highest BCUT2D eigenvalue weighted by molar-refractivity contribution is 5.34. The molecular formula is C18H21NO. The van der Waals surface area contributed by atoms with E-state index in [1.54, 1.807) is 0 Å². The van der Waals surface area contributed by atoms with Crippen LogP contribution in [0.3, 0.4) is 0 Å². The summed E-state index contributed by atoms with van der Waals surface area (Å²) < 4.78 is 6.04. The third kappa shape index (κ3) is 2.92. The first-order chi connectivity index (χ1) is 9.84. The molecule has 20 heavy (non-hydrogen) atoms. The average Bonchev–Trinajstić information content (AvgIpc) is 2.50. The molecule has 0 aliphatic carbocycles. The van der Waals surface area contributed by atoms with Crippen LogP contribution in [-0.4, -0.2) is 18.8 Å². The largest absolute Gasteiger partial charge is 0.377 e. The Morgan fingerprint density at radius 2 is 1.45 bits per heavy atom. The van der Waals surface area contributed by atoms with Crippen LogP contribution in [0.25, 0.3) is 0 Å². The van der Waals surface area contributed by atoms with Gasteiger partial charge >= 0.3 is 0 Å². The summed E-state index contributed by atoms with van der Waals surface area (Å²) in [6.07, 6.45) is 2.06. The molecule has 0 aromatic heterocycles. The molecule has 1 fully saturated rings. The van der Waals surface area contributed by atoms with Crippen LogP contribution in [0.1, 0.15) is 29.9 Å². The molecule has 2 aromatic rings. The zero-order valence-electron chi connectivity index (χ0n) is 11.6. The Morgan fingerprint density at radius 1 is 0.900 bits per heavy atom. The van der Waals surface area contributed by atoms with Gasteiger partial charge in [0.25, 0.3) is 0 Å². The molecule has 2 unspecified atom stereocenters. The van der Waals surface area contributed by atoms with Gasteiger partial charge < -0.3 is 10.5 Å². The first-order valence-electron chi connectivity index (χ1n) is 7.31. The van der Waals surface area contributed by atoms with Gasteiger partial charge in [-0.3, -0.25) is 0 Å². The summed E-state index contributed by atoms with van der Waals surface area (Å²) in [7, 11) is 0. The molecule has 0 bridgehead atoms. The molecule has 2 atom stereocenters. The summed E-state index contributed by atoms with van der Waals surface area (Å²) in [5, 5.41) is 0. The molecule has 1 aliphatic heterocycles. The Balaban J connectivity index is 1.95. The van der Waals surface area contributed by atoms with Gasteiger partial charge in [-0.2, -0.15) is 0 Å². The predicted octanol–water partition coefficient (Wildman–Crippen LogP) is 3.32. The van der Waals surface area contributed by atoms with E-state index in [2.05, 4.69) is 60.7 Å². The van der Waals surface area contributed by atoms with Crippen molar-refractivity contribution in [1.29, 1.82) is 0 Å². The quantitative estimate of drug-likeness (QED) is 0.926. The fourth-order valence-electron chi connectivity index (χ4n) is 3.03. The highest BCUT2D eigenvalue weighted by Crippen LogP contribution is 2.33. The van der Waals surface area contributed by atoms with E-state index in [0.717, 1.165) is 19.4 Å². The van der Waals surface area contributed by atoms with Gasteiger partial charge in [0.2, 0.25) is 0 Å². The number of hydrogen-bond acceptors (Lipinski definition) is 2. The first-order valence-corrected chi connectivity index (χ1v) is 7.31.